The third kappa shape index (κ3) is 5.60. The van der Waals surface area contributed by atoms with Crippen LogP contribution < -0.4 is 4.74 Å². The molecule has 116 valence electrons. The zero-order chi connectivity index (χ0) is 16.0. The second-order valence-electron chi connectivity index (χ2n) is 5.74. The lowest BCUT2D eigenvalue weighted by atomic mass is 10.1. The van der Waals surface area contributed by atoms with Gasteiger partial charge < -0.3 is 14.7 Å². The maximum absolute atomic E-state index is 12.2. The van der Waals surface area contributed by atoms with Crippen molar-refractivity contribution in [3.8, 4) is 5.75 Å². The van der Waals surface area contributed by atoms with Gasteiger partial charge in [-0.3, -0.25) is 4.79 Å². The monoisotopic (exact) mass is 291 g/mol. The van der Waals surface area contributed by atoms with Crippen molar-refractivity contribution in [1.29, 1.82) is 0 Å². The predicted molar refractivity (Wildman–Crippen MR) is 85.3 cm³/mol. The molecule has 1 rings (SSSR count). The molecule has 1 N–H and O–H groups in total. The number of carbonyl (C=O) groups is 1. The molecule has 21 heavy (non-hydrogen) atoms. The summed E-state index contributed by atoms with van der Waals surface area (Å²) in [7, 11) is 1.61. The van der Waals surface area contributed by atoms with Crippen LogP contribution in [0.1, 0.15) is 31.9 Å². The second-order valence-corrected chi connectivity index (χ2v) is 5.74. The van der Waals surface area contributed by atoms with Gasteiger partial charge in [-0.15, -0.1) is 0 Å². The van der Waals surface area contributed by atoms with Gasteiger partial charge in [-0.1, -0.05) is 11.6 Å². The lowest BCUT2D eigenvalue weighted by molar-refractivity contribution is -0.128. The van der Waals surface area contributed by atoms with Crippen LogP contribution in [0.2, 0.25) is 0 Å². The van der Waals surface area contributed by atoms with Crippen LogP contribution in [0.25, 0.3) is 6.08 Å². The van der Waals surface area contributed by atoms with Crippen LogP contribution in [-0.2, 0) is 4.79 Å². The van der Waals surface area contributed by atoms with E-state index in [1.165, 1.54) is 6.08 Å². The van der Waals surface area contributed by atoms with Gasteiger partial charge in [0.25, 0.3) is 0 Å². The molecule has 0 heterocycles. The topological polar surface area (TPSA) is 49.8 Å². The molecular formula is C17H25NO3. The lowest BCUT2D eigenvalue weighted by Gasteiger charge is -2.27. The number of likely N-dealkylation sites (N-methyl/N-ethyl adjacent to an activating group) is 1. The largest absolute Gasteiger partial charge is 0.496 e. The molecule has 0 aliphatic rings. The van der Waals surface area contributed by atoms with Crippen molar-refractivity contribution in [2.75, 3.05) is 20.2 Å². The summed E-state index contributed by atoms with van der Waals surface area (Å²) < 4.78 is 5.28. The molecule has 0 aromatic heterocycles. The quantitative estimate of drug-likeness (QED) is 0.820. The minimum Gasteiger partial charge on any atom is -0.496 e. The van der Waals surface area contributed by atoms with Gasteiger partial charge in [0.15, 0.2) is 0 Å². The Morgan fingerprint density at radius 3 is 2.62 bits per heavy atom. The molecule has 0 radical (unpaired) electrons. The number of hydrogen-bond acceptors (Lipinski definition) is 3. The average Bonchev–Trinajstić information content (AvgIpc) is 2.41. The molecule has 0 saturated carbocycles. The molecule has 0 spiro atoms. The molecule has 0 saturated heterocycles. The fourth-order valence-electron chi connectivity index (χ4n) is 2.06. The van der Waals surface area contributed by atoms with E-state index in [0.717, 1.165) is 16.9 Å². The summed E-state index contributed by atoms with van der Waals surface area (Å²) in [5.41, 5.74) is 1.07. The molecule has 0 atom stereocenters. The van der Waals surface area contributed by atoms with Crippen molar-refractivity contribution in [3.63, 3.8) is 0 Å². The van der Waals surface area contributed by atoms with E-state index < -0.39 is 5.60 Å². The number of benzene rings is 1. The Kier molecular flexibility index (Phi) is 5.97. The van der Waals surface area contributed by atoms with Gasteiger partial charge in [0.1, 0.15) is 5.75 Å². The average molecular weight is 291 g/mol. The Morgan fingerprint density at radius 1 is 1.43 bits per heavy atom. The van der Waals surface area contributed by atoms with Crippen LogP contribution in [0.5, 0.6) is 5.75 Å². The molecule has 1 aromatic carbocycles. The number of hydrogen-bond donors (Lipinski definition) is 1. The van der Waals surface area contributed by atoms with E-state index in [-0.39, 0.29) is 5.91 Å². The molecule has 1 aromatic rings. The molecule has 1 amide bonds. The Morgan fingerprint density at radius 2 is 2.10 bits per heavy atom. The van der Waals surface area contributed by atoms with Gasteiger partial charge in [0.05, 0.1) is 12.7 Å². The first-order valence-electron chi connectivity index (χ1n) is 7.11. The number of rotatable bonds is 6. The van der Waals surface area contributed by atoms with E-state index in [1.807, 2.05) is 32.0 Å². The number of nitrogens with zero attached hydrogens (tertiary/aromatic N) is 1. The van der Waals surface area contributed by atoms with Crippen molar-refractivity contribution in [1.82, 2.24) is 4.90 Å². The first kappa shape index (κ1) is 17.2. The molecular weight excluding hydrogens is 266 g/mol. The normalized spacial score (nSPS) is 11.7. The highest BCUT2D eigenvalue weighted by molar-refractivity contribution is 5.92. The van der Waals surface area contributed by atoms with Crippen LogP contribution in [0, 0.1) is 6.92 Å². The van der Waals surface area contributed by atoms with Crippen LogP contribution in [-0.4, -0.2) is 41.7 Å². The predicted octanol–water partition coefficient (Wildman–Crippen LogP) is 2.64. The molecule has 0 aliphatic carbocycles. The minimum atomic E-state index is -0.902. The summed E-state index contributed by atoms with van der Waals surface area (Å²) in [5.74, 6) is 0.610. The number of ether oxygens (including phenoxy) is 1. The molecule has 0 aliphatic heterocycles. The van der Waals surface area contributed by atoms with E-state index in [4.69, 9.17) is 4.74 Å². The van der Waals surface area contributed by atoms with Crippen molar-refractivity contribution in [2.24, 2.45) is 0 Å². The highest BCUT2D eigenvalue weighted by Gasteiger charge is 2.19. The summed E-state index contributed by atoms with van der Waals surface area (Å²) in [6, 6.07) is 5.81. The summed E-state index contributed by atoms with van der Waals surface area (Å²) in [6.07, 6.45) is 3.27. The van der Waals surface area contributed by atoms with Gasteiger partial charge in [0.2, 0.25) is 5.91 Å². The van der Waals surface area contributed by atoms with Gasteiger partial charge in [-0.05, 0) is 45.9 Å². The van der Waals surface area contributed by atoms with Crippen LogP contribution in [0.3, 0.4) is 0 Å². The maximum Gasteiger partial charge on any atom is 0.246 e. The van der Waals surface area contributed by atoms with E-state index in [0.29, 0.717) is 13.1 Å². The number of amides is 1. The second kappa shape index (κ2) is 7.27. The number of aliphatic hydroxyl groups is 1. The standard InChI is InChI=1S/C17H25NO3/c1-6-18(12-17(3,4)20)16(19)10-8-14-11-13(2)7-9-15(14)21-5/h7-11,20H,6,12H2,1-5H3. The van der Waals surface area contributed by atoms with Crippen LogP contribution in [0.15, 0.2) is 24.3 Å². The Balaban J connectivity index is 2.88. The number of aryl methyl sites for hydroxylation is 1. The minimum absolute atomic E-state index is 0.122. The number of carbonyl (C=O) groups excluding carboxylic acids is 1. The first-order chi connectivity index (χ1) is 9.76. The van der Waals surface area contributed by atoms with E-state index in [9.17, 15) is 9.90 Å². The van der Waals surface area contributed by atoms with Crippen molar-refractivity contribution in [3.05, 3.63) is 35.4 Å². The van der Waals surface area contributed by atoms with Gasteiger partial charge in [0, 0.05) is 24.7 Å². The SMILES string of the molecule is CCN(CC(C)(C)O)C(=O)C=Cc1cc(C)ccc1OC. The third-order valence-electron chi connectivity index (χ3n) is 3.06. The van der Waals surface area contributed by atoms with Crippen molar-refractivity contribution in [2.45, 2.75) is 33.3 Å². The molecule has 4 heteroatoms. The summed E-state index contributed by atoms with van der Waals surface area (Å²) in [5, 5.41) is 9.83. The molecule has 0 bridgehead atoms. The van der Waals surface area contributed by atoms with E-state index in [2.05, 4.69) is 0 Å². The number of methoxy groups -OCH3 is 1. The lowest BCUT2D eigenvalue weighted by Crippen LogP contribution is -2.41. The van der Waals surface area contributed by atoms with E-state index >= 15 is 0 Å². The van der Waals surface area contributed by atoms with Gasteiger partial charge >= 0.3 is 0 Å². The Bertz CT molecular complexity index is 515. The smallest absolute Gasteiger partial charge is 0.246 e. The molecule has 4 nitrogen and oxygen atoms in total. The third-order valence-corrected chi connectivity index (χ3v) is 3.06. The van der Waals surface area contributed by atoms with Crippen molar-refractivity contribution >= 4 is 12.0 Å². The summed E-state index contributed by atoms with van der Waals surface area (Å²) in [4.78, 5) is 13.8. The van der Waals surface area contributed by atoms with E-state index in [1.54, 1.807) is 31.9 Å². The fourth-order valence-corrected chi connectivity index (χ4v) is 2.06. The zero-order valence-electron chi connectivity index (χ0n) is 13.5. The fraction of sp³-hybridized carbons (Fsp3) is 0.471. The summed E-state index contributed by atoms with van der Waals surface area (Å²) in [6.45, 7) is 8.12. The Hall–Kier alpha value is -1.81. The highest BCUT2D eigenvalue weighted by Crippen LogP contribution is 2.21. The first-order valence-corrected chi connectivity index (χ1v) is 7.11. The maximum atomic E-state index is 12.2. The van der Waals surface area contributed by atoms with Crippen LogP contribution >= 0.6 is 0 Å². The highest BCUT2D eigenvalue weighted by atomic mass is 16.5. The van der Waals surface area contributed by atoms with Crippen LogP contribution in [0.4, 0.5) is 0 Å². The molecule has 0 fully saturated rings. The van der Waals surface area contributed by atoms with Gasteiger partial charge in [-0.25, -0.2) is 0 Å². The Labute approximate surface area is 127 Å². The van der Waals surface area contributed by atoms with Crippen molar-refractivity contribution < 1.29 is 14.6 Å². The zero-order valence-corrected chi connectivity index (χ0v) is 13.5. The summed E-state index contributed by atoms with van der Waals surface area (Å²) >= 11 is 0. The molecule has 0 unspecified atom stereocenters. The van der Waals surface area contributed by atoms with Gasteiger partial charge in [-0.2, -0.15) is 0 Å².